The van der Waals surface area contributed by atoms with Crippen LogP contribution in [0.2, 0.25) is 0 Å². The number of furan rings is 1. The van der Waals surface area contributed by atoms with Crippen LogP contribution in [0.15, 0.2) is 35.2 Å². The first-order chi connectivity index (χ1) is 12.7. The van der Waals surface area contributed by atoms with Crippen LogP contribution in [0.5, 0.6) is 0 Å². The van der Waals surface area contributed by atoms with Crippen molar-refractivity contribution in [2.75, 3.05) is 0 Å². The second kappa shape index (κ2) is 4.83. The fourth-order valence-electron chi connectivity index (χ4n) is 6.10. The van der Waals surface area contributed by atoms with Crippen molar-refractivity contribution in [3.8, 4) is 0 Å². The Morgan fingerprint density at radius 3 is 2.63 bits per heavy atom. The molecular weight excluding hydrogens is 352 g/mol. The zero-order valence-electron chi connectivity index (χ0n) is 15.2. The number of hydrogen-bond donors (Lipinski definition) is 2. The highest BCUT2D eigenvalue weighted by Crippen LogP contribution is 2.69. The van der Waals surface area contributed by atoms with Crippen molar-refractivity contribution in [2.45, 2.75) is 56.5 Å². The van der Waals surface area contributed by atoms with Gasteiger partial charge in [-0.3, -0.25) is 4.79 Å². The average Bonchev–Trinajstić information content (AvgIpc) is 3.14. The van der Waals surface area contributed by atoms with Gasteiger partial charge in [0, 0.05) is 16.4 Å². The number of fused-ring (bicyclic) bond motifs is 2. The van der Waals surface area contributed by atoms with Crippen molar-refractivity contribution in [1.82, 2.24) is 0 Å². The molecule has 1 aromatic rings. The number of esters is 2. The van der Waals surface area contributed by atoms with Crippen LogP contribution >= 0.6 is 0 Å². The van der Waals surface area contributed by atoms with Crippen molar-refractivity contribution in [2.24, 2.45) is 16.7 Å². The van der Waals surface area contributed by atoms with Crippen LogP contribution in [-0.2, 0) is 19.1 Å². The molecule has 3 fully saturated rings. The predicted octanol–water partition coefficient (Wildman–Crippen LogP) is 1.65. The molecule has 7 nitrogen and oxygen atoms in total. The number of cyclic esters (lactones) is 1. The summed E-state index contributed by atoms with van der Waals surface area (Å²) in [7, 11) is 0. The van der Waals surface area contributed by atoms with E-state index in [0.29, 0.717) is 24.8 Å². The minimum Gasteiger partial charge on any atom is -0.472 e. The molecule has 6 rings (SSSR count). The van der Waals surface area contributed by atoms with Gasteiger partial charge in [-0.15, -0.1) is 0 Å². The van der Waals surface area contributed by atoms with Crippen LogP contribution in [0.25, 0.3) is 0 Å². The zero-order valence-corrected chi connectivity index (χ0v) is 15.2. The van der Waals surface area contributed by atoms with E-state index in [4.69, 9.17) is 13.9 Å². The van der Waals surface area contributed by atoms with Gasteiger partial charge in [-0.2, -0.15) is 0 Å². The van der Waals surface area contributed by atoms with E-state index in [0.717, 1.165) is 0 Å². The Labute approximate surface area is 155 Å². The van der Waals surface area contributed by atoms with Crippen LogP contribution in [-0.4, -0.2) is 39.5 Å². The summed E-state index contributed by atoms with van der Waals surface area (Å²) in [4.78, 5) is 25.3. The first kappa shape index (κ1) is 17.0. The Bertz CT molecular complexity index is 860. The van der Waals surface area contributed by atoms with Gasteiger partial charge in [0.25, 0.3) is 0 Å². The lowest BCUT2D eigenvalue weighted by molar-refractivity contribution is -0.331. The highest BCUT2D eigenvalue weighted by Gasteiger charge is 2.80. The first-order valence-electron chi connectivity index (χ1n) is 9.25. The Morgan fingerprint density at radius 1 is 1.19 bits per heavy atom. The topological polar surface area (TPSA) is 106 Å². The molecule has 2 N–H and O–H groups in total. The molecule has 0 aromatic carbocycles. The fraction of sp³-hybridized carbons (Fsp3) is 0.600. The molecule has 7 heteroatoms. The zero-order chi connectivity index (χ0) is 19.2. The van der Waals surface area contributed by atoms with Crippen LogP contribution in [0.4, 0.5) is 0 Å². The quantitative estimate of drug-likeness (QED) is 0.569. The van der Waals surface area contributed by atoms with Crippen molar-refractivity contribution in [3.05, 3.63) is 36.3 Å². The molecule has 7 atom stereocenters. The molecule has 7 unspecified atom stereocenters. The van der Waals surface area contributed by atoms with E-state index in [9.17, 15) is 19.8 Å². The largest absolute Gasteiger partial charge is 0.472 e. The number of aliphatic hydroxyl groups is 2. The third-order valence-corrected chi connectivity index (χ3v) is 7.79. The monoisotopic (exact) mass is 374 g/mol. The standard InChI is InChI=1S/C20H22O7/c1-17-9-13(11-5-8-25-10-11)26-15(21)12(17)3-6-18(2)19(23)7-4-14(20(17,18)24)27-16(19)22/h4-5,7-8,10,12-14,23-24H,3,6,9H2,1-2H3. The van der Waals surface area contributed by atoms with Crippen LogP contribution in [0, 0.1) is 16.7 Å². The Kier molecular flexibility index (Phi) is 3.04. The van der Waals surface area contributed by atoms with Gasteiger partial charge in [-0.05, 0) is 37.5 Å². The lowest BCUT2D eigenvalue weighted by Gasteiger charge is -2.70. The third-order valence-electron chi connectivity index (χ3n) is 7.79. The van der Waals surface area contributed by atoms with Crippen molar-refractivity contribution >= 4 is 11.9 Å². The highest BCUT2D eigenvalue weighted by atomic mass is 16.6. The van der Waals surface area contributed by atoms with Crippen molar-refractivity contribution < 1.29 is 33.7 Å². The van der Waals surface area contributed by atoms with Gasteiger partial charge in [-0.25, -0.2) is 4.79 Å². The molecule has 0 amide bonds. The second-order valence-electron chi connectivity index (χ2n) is 8.74. The van der Waals surface area contributed by atoms with E-state index in [1.807, 2.05) is 6.92 Å². The summed E-state index contributed by atoms with van der Waals surface area (Å²) in [5.74, 6) is -1.67. The maximum atomic E-state index is 12.9. The molecule has 2 aliphatic carbocycles. The molecule has 2 bridgehead atoms. The summed E-state index contributed by atoms with van der Waals surface area (Å²) in [6, 6.07) is 1.73. The first-order valence-corrected chi connectivity index (χ1v) is 9.25. The van der Waals surface area contributed by atoms with Crippen molar-refractivity contribution in [1.29, 1.82) is 0 Å². The molecule has 0 radical (unpaired) electrons. The summed E-state index contributed by atoms with van der Waals surface area (Å²) in [6.45, 7) is 3.56. The van der Waals surface area contributed by atoms with Crippen molar-refractivity contribution in [3.63, 3.8) is 0 Å². The van der Waals surface area contributed by atoms with E-state index in [2.05, 4.69) is 0 Å². The summed E-state index contributed by atoms with van der Waals surface area (Å²) in [5, 5.41) is 23.3. The molecule has 2 saturated heterocycles. The van der Waals surface area contributed by atoms with Gasteiger partial charge in [0.05, 0.1) is 18.4 Å². The number of carbonyl (C=O) groups is 2. The molecular formula is C20H22O7. The third kappa shape index (κ3) is 1.66. The lowest BCUT2D eigenvalue weighted by Crippen LogP contribution is -2.82. The van der Waals surface area contributed by atoms with E-state index in [1.54, 1.807) is 19.1 Å². The maximum absolute atomic E-state index is 12.9. The normalized spacial score (nSPS) is 50.6. The highest BCUT2D eigenvalue weighted by molar-refractivity contribution is 5.87. The molecule has 0 spiro atoms. The van der Waals surface area contributed by atoms with E-state index < -0.39 is 46.1 Å². The molecule has 3 aliphatic heterocycles. The van der Waals surface area contributed by atoms with Gasteiger partial charge >= 0.3 is 11.9 Å². The van der Waals surface area contributed by atoms with Crippen LogP contribution < -0.4 is 0 Å². The molecule has 4 heterocycles. The number of carbonyl (C=O) groups excluding carboxylic acids is 2. The Hall–Kier alpha value is -2.12. The maximum Gasteiger partial charge on any atom is 0.343 e. The smallest absolute Gasteiger partial charge is 0.343 e. The lowest BCUT2D eigenvalue weighted by atomic mass is 9.39. The predicted molar refractivity (Wildman–Crippen MR) is 90.0 cm³/mol. The van der Waals surface area contributed by atoms with E-state index in [-0.39, 0.29) is 5.97 Å². The van der Waals surface area contributed by atoms with E-state index in [1.165, 1.54) is 18.6 Å². The minimum absolute atomic E-state index is 0.307. The minimum atomic E-state index is -1.92. The van der Waals surface area contributed by atoms with Gasteiger partial charge in [-0.1, -0.05) is 13.8 Å². The van der Waals surface area contributed by atoms with Gasteiger partial charge in [0.2, 0.25) is 0 Å². The summed E-state index contributed by atoms with van der Waals surface area (Å²) < 4.78 is 16.2. The second-order valence-corrected chi connectivity index (χ2v) is 8.74. The van der Waals surface area contributed by atoms with Crippen LogP contribution in [0.3, 0.4) is 0 Å². The summed E-state index contributed by atoms with van der Waals surface area (Å²) >= 11 is 0. The molecule has 5 aliphatic rings. The van der Waals surface area contributed by atoms with Gasteiger partial charge in [0.1, 0.15) is 17.8 Å². The summed E-state index contributed by atoms with van der Waals surface area (Å²) in [5.41, 5.74) is -4.94. The molecule has 1 saturated carbocycles. The SMILES string of the molecule is CC12CC(c3ccoc3)OC(=O)C1CCC1(C)C3(O)C=CC(OC3=O)C21O. The number of hydrogen-bond acceptors (Lipinski definition) is 7. The Morgan fingerprint density at radius 2 is 1.96 bits per heavy atom. The number of rotatable bonds is 1. The Balaban J connectivity index is 1.67. The van der Waals surface area contributed by atoms with Crippen LogP contribution in [0.1, 0.15) is 44.8 Å². The number of ether oxygens (including phenoxy) is 2. The van der Waals surface area contributed by atoms with Gasteiger partial charge < -0.3 is 24.1 Å². The van der Waals surface area contributed by atoms with E-state index >= 15 is 0 Å². The molecule has 144 valence electrons. The molecule has 1 aromatic heterocycles. The average molecular weight is 374 g/mol. The molecule has 27 heavy (non-hydrogen) atoms. The summed E-state index contributed by atoms with van der Waals surface area (Å²) in [6.07, 6.45) is 5.59. The fourth-order valence-corrected chi connectivity index (χ4v) is 6.10. The van der Waals surface area contributed by atoms with Gasteiger partial charge in [0.15, 0.2) is 5.60 Å².